The number of hydrogen-bond acceptors (Lipinski definition) is 2. The molecule has 0 aliphatic rings. The fourth-order valence-corrected chi connectivity index (χ4v) is 2.27. The van der Waals surface area contributed by atoms with E-state index in [2.05, 4.69) is 4.98 Å². The summed E-state index contributed by atoms with van der Waals surface area (Å²) >= 11 is 0. The fourth-order valence-electron chi connectivity index (χ4n) is 2.27. The van der Waals surface area contributed by atoms with Crippen LogP contribution in [-0.4, -0.2) is 22.5 Å². The average molecular weight is 301 g/mol. The van der Waals surface area contributed by atoms with Gasteiger partial charge < -0.3 is 9.47 Å². The molecule has 3 rings (SSSR count). The van der Waals surface area contributed by atoms with E-state index in [1.807, 2.05) is 17.7 Å². The van der Waals surface area contributed by atoms with Crippen LogP contribution in [0.4, 0.5) is 14.5 Å². The number of nitrogens with zero attached hydrogens (tertiary/aromatic N) is 3. The number of hydrogen-bond donors (Lipinski definition) is 0. The maximum absolute atomic E-state index is 13.3. The Morgan fingerprint density at radius 2 is 1.91 bits per heavy atom. The third-order valence-electron chi connectivity index (χ3n) is 3.57. The summed E-state index contributed by atoms with van der Waals surface area (Å²) in [4.78, 5) is 18.0. The molecular weight excluding hydrogens is 288 g/mol. The van der Waals surface area contributed by atoms with Crippen molar-refractivity contribution in [2.45, 2.75) is 0 Å². The molecule has 2 aromatic carbocycles. The van der Waals surface area contributed by atoms with Gasteiger partial charge in [-0.2, -0.15) is 0 Å². The van der Waals surface area contributed by atoms with Crippen LogP contribution in [0, 0.1) is 11.6 Å². The van der Waals surface area contributed by atoms with Gasteiger partial charge in [0.15, 0.2) is 11.6 Å². The minimum atomic E-state index is -1.04. The minimum absolute atomic E-state index is 0.0857. The van der Waals surface area contributed by atoms with Crippen molar-refractivity contribution in [1.82, 2.24) is 9.55 Å². The van der Waals surface area contributed by atoms with Crippen molar-refractivity contribution < 1.29 is 13.6 Å². The third-order valence-corrected chi connectivity index (χ3v) is 3.57. The van der Waals surface area contributed by atoms with Crippen LogP contribution in [0.1, 0.15) is 10.4 Å². The predicted molar refractivity (Wildman–Crippen MR) is 79.8 cm³/mol. The molecule has 1 amide bonds. The van der Waals surface area contributed by atoms with Crippen molar-refractivity contribution in [2.24, 2.45) is 7.05 Å². The summed E-state index contributed by atoms with van der Waals surface area (Å²) in [6.45, 7) is 0. The van der Waals surface area contributed by atoms with Gasteiger partial charge >= 0.3 is 0 Å². The predicted octanol–water partition coefficient (Wildman–Crippen LogP) is 3.13. The molecule has 3 aromatic rings. The van der Waals surface area contributed by atoms with Crippen LogP contribution in [0.25, 0.3) is 11.0 Å². The van der Waals surface area contributed by atoms with E-state index in [1.165, 1.54) is 11.0 Å². The van der Waals surface area contributed by atoms with E-state index in [0.29, 0.717) is 5.69 Å². The van der Waals surface area contributed by atoms with E-state index < -0.39 is 17.5 Å². The summed E-state index contributed by atoms with van der Waals surface area (Å²) in [7, 11) is 3.46. The Bertz CT molecular complexity index is 873. The highest BCUT2D eigenvalue weighted by atomic mass is 19.2. The summed E-state index contributed by atoms with van der Waals surface area (Å²) in [5.74, 6) is -2.44. The molecule has 0 bridgehead atoms. The van der Waals surface area contributed by atoms with Crippen molar-refractivity contribution in [2.75, 3.05) is 11.9 Å². The number of halogens is 2. The first-order valence-electron chi connectivity index (χ1n) is 6.61. The first-order valence-corrected chi connectivity index (χ1v) is 6.61. The molecule has 0 aliphatic heterocycles. The van der Waals surface area contributed by atoms with Crippen molar-refractivity contribution in [3.8, 4) is 0 Å². The lowest BCUT2D eigenvalue weighted by molar-refractivity contribution is 0.0992. The van der Waals surface area contributed by atoms with Crippen LogP contribution in [-0.2, 0) is 7.05 Å². The van der Waals surface area contributed by atoms with E-state index in [9.17, 15) is 13.6 Å². The molecular formula is C16H13F2N3O. The van der Waals surface area contributed by atoms with Gasteiger partial charge in [-0.15, -0.1) is 0 Å². The lowest BCUT2D eigenvalue weighted by Crippen LogP contribution is -2.26. The van der Waals surface area contributed by atoms with Gasteiger partial charge in [0.05, 0.1) is 17.4 Å². The largest absolute Gasteiger partial charge is 0.334 e. The van der Waals surface area contributed by atoms with Crippen LogP contribution in [0.3, 0.4) is 0 Å². The number of aryl methyl sites for hydroxylation is 1. The van der Waals surface area contributed by atoms with Crippen LogP contribution in [0.5, 0.6) is 0 Å². The number of rotatable bonds is 2. The number of aromatic nitrogens is 2. The first kappa shape index (κ1) is 14.2. The molecule has 22 heavy (non-hydrogen) atoms. The minimum Gasteiger partial charge on any atom is -0.334 e. The molecule has 112 valence electrons. The van der Waals surface area contributed by atoms with Gasteiger partial charge in [-0.3, -0.25) is 4.79 Å². The average Bonchev–Trinajstić information content (AvgIpc) is 2.89. The van der Waals surface area contributed by atoms with Crippen LogP contribution >= 0.6 is 0 Å². The van der Waals surface area contributed by atoms with Gasteiger partial charge in [0.1, 0.15) is 0 Å². The zero-order valence-corrected chi connectivity index (χ0v) is 12.0. The molecule has 0 radical (unpaired) electrons. The lowest BCUT2D eigenvalue weighted by Gasteiger charge is -2.17. The molecule has 0 fully saturated rings. The molecule has 0 unspecified atom stereocenters. The van der Waals surface area contributed by atoms with Gasteiger partial charge in [-0.05, 0) is 36.4 Å². The summed E-state index contributed by atoms with van der Waals surface area (Å²) in [6, 6.07) is 8.50. The van der Waals surface area contributed by atoms with E-state index in [1.54, 1.807) is 25.5 Å². The second kappa shape index (κ2) is 5.22. The first-order chi connectivity index (χ1) is 10.5. The zero-order chi connectivity index (χ0) is 15.9. The van der Waals surface area contributed by atoms with Crippen LogP contribution < -0.4 is 4.90 Å². The molecule has 0 atom stereocenters. The standard InChI is InChI=1S/C16H13F2N3O/c1-20-9-19-14-8-11(4-6-15(14)20)21(2)16(22)10-3-5-12(17)13(18)7-10/h3-9H,1-2H3. The Morgan fingerprint density at radius 1 is 1.14 bits per heavy atom. The maximum Gasteiger partial charge on any atom is 0.258 e. The number of benzene rings is 2. The molecule has 0 saturated heterocycles. The van der Waals surface area contributed by atoms with Gasteiger partial charge in [0, 0.05) is 25.3 Å². The molecule has 6 heteroatoms. The monoisotopic (exact) mass is 301 g/mol. The molecule has 1 aromatic heterocycles. The molecule has 0 spiro atoms. The summed E-state index contributed by atoms with van der Waals surface area (Å²) < 4.78 is 28.1. The van der Waals surface area contributed by atoms with E-state index >= 15 is 0 Å². The second-order valence-corrected chi connectivity index (χ2v) is 5.02. The van der Waals surface area contributed by atoms with Gasteiger partial charge in [-0.1, -0.05) is 0 Å². The van der Waals surface area contributed by atoms with Crippen LogP contribution in [0.15, 0.2) is 42.7 Å². The Morgan fingerprint density at radius 3 is 2.64 bits per heavy atom. The molecule has 1 heterocycles. The highest BCUT2D eigenvalue weighted by molar-refractivity contribution is 6.06. The van der Waals surface area contributed by atoms with Gasteiger partial charge in [0.25, 0.3) is 5.91 Å². The van der Waals surface area contributed by atoms with Gasteiger partial charge in [-0.25, -0.2) is 13.8 Å². The fraction of sp³-hybridized carbons (Fsp3) is 0.125. The number of carbonyl (C=O) groups is 1. The number of anilines is 1. The lowest BCUT2D eigenvalue weighted by atomic mass is 10.1. The normalized spacial score (nSPS) is 10.9. The smallest absolute Gasteiger partial charge is 0.258 e. The zero-order valence-electron chi connectivity index (χ0n) is 12.0. The summed E-state index contributed by atoms with van der Waals surface area (Å²) in [5.41, 5.74) is 2.41. The van der Waals surface area contributed by atoms with E-state index in [4.69, 9.17) is 0 Å². The molecule has 4 nitrogen and oxygen atoms in total. The topological polar surface area (TPSA) is 38.1 Å². The Labute approximate surface area is 125 Å². The Hall–Kier alpha value is -2.76. The highest BCUT2D eigenvalue weighted by Crippen LogP contribution is 2.22. The van der Waals surface area contributed by atoms with E-state index in [0.717, 1.165) is 23.2 Å². The van der Waals surface area contributed by atoms with Gasteiger partial charge in [0.2, 0.25) is 0 Å². The quantitative estimate of drug-likeness (QED) is 0.729. The van der Waals surface area contributed by atoms with E-state index in [-0.39, 0.29) is 5.56 Å². The highest BCUT2D eigenvalue weighted by Gasteiger charge is 2.16. The number of amides is 1. The second-order valence-electron chi connectivity index (χ2n) is 5.02. The van der Waals surface area contributed by atoms with Crippen molar-refractivity contribution in [3.05, 3.63) is 59.9 Å². The van der Waals surface area contributed by atoms with Crippen molar-refractivity contribution >= 4 is 22.6 Å². The number of carbonyl (C=O) groups excluding carboxylic acids is 1. The SMILES string of the molecule is CN(C(=O)c1ccc(F)c(F)c1)c1ccc2c(c1)ncn2C. The number of fused-ring (bicyclic) bond motifs is 1. The Balaban J connectivity index is 1.95. The Kier molecular flexibility index (Phi) is 3.36. The molecule has 0 aliphatic carbocycles. The van der Waals surface area contributed by atoms with Crippen LogP contribution in [0.2, 0.25) is 0 Å². The van der Waals surface area contributed by atoms with Crippen molar-refractivity contribution in [1.29, 1.82) is 0 Å². The third kappa shape index (κ3) is 2.32. The molecule has 0 saturated carbocycles. The summed E-state index contributed by atoms with van der Waals surface area (Å²) in [6.07, 6.45) is 1.69. The number of imidazole rings is 1. The van der Waals surface area contributed by atoms with Crippen molar-refractivity contribution in [3.63, 3.8) is 0 Å². The molecule has 0 N–H and O–H groups in total. The maximum atomic E-state index is 13.3. The summed E-state index contributed by atoms with van der Waals surface area (Å²) in [5, 5.41) is 0.